The van der Waals surface area contributed by atoms with Crippen LogP contribution in [0.5, 0.6) is 0 Å². The number of esters is 1. The first-order chi connectivity index (χ1) is 12.9. The average Bonchev–Trinajstić information content (AvgIpc) is 3.05. The number of carbonyl (C=O) groups is 2. The van der Waals surface area contributed by atoms with Crippen molar-refractivity contribution in [3.63, 3.8) is 0 Å². The number of benzene rings is 1. The number of para-hydroxylation sites is 1. The molecular weight excluding hydrogens is 344 g/mol. The fourth-order valence-corrected chi connectivity index (χ4v) is 3.90. The third-order valence-corrected chi connectivity index (χ3v) is 5.52. The summed E-state index contributed by atoms with van der Waals surface area (Å²) in [4.78, 5) is 28.2. The average molecular weight is 372 g/mol. The number of fused-ring (bicyclic) bond motifs is 1. The third kappa shape index (κ3) is 4.26. The van der Waals surface area contributed by atoms with E-state index in [0.717, 1.165) is 35.7 Å². The number of ether oxygens (including phenoxy) is 2. The number of rotatable bonds is 5. The van der Waals surface area contributed by atoms with Crippen molar-refractivity contribution in [2.24, 2.45) is 5.92 Å². The first-order valence-corrected chi connectivity index (χ1v) is 9.55. The first kappa shape index (κ1) is 19.3. The summed E-state index contributed by atoms with van der Waals surface area (Å²) in [6.07, 6.45) is 5.65. The number of hydrogen-bond acceptors (Lipinski definition) is 4. The highest BCUT2D eigenvalue weighted by Gasteiger charge is 2.38. The van der Waals surface area contributed by atoms with Crippen molar-refractivity contribution in [2.45, 2.75) is 57.6 Å². The fourth-order valence-electron chi connectivity index (χ4n) is 3.90. The van der Waals surface area contributed by atoms with Crippen LogP contribution in [0.25, 0.3) is 10.9 Å². The zero-order valence-electron chi connectivity index (χ0n) is 16.2. The molecule has 2 aromatic rings. The molecule has 1 aliphatic carbocycles. The second kappa shape index (κ2) is 8.03. The molecule has 0 spiro atoms. The van der Waals surface area contributed by atoms with E-state index in [9.17, 15) is 9.59 Å². The number of aromatic amines is 1. The number of amides is 1. The lowest BCUT2D eigenvalue weighted by molar-refractivity contribution is -0.147. The molecule has 2 N–H and O–H groups in total. The Morgan fingerprint density at radius 3 is 2.74 bits per heavy atom. The van der Waals surface area contributed by atoms with Crippen molar-refractivity contribution in [3.8, 4) is 0 Å². The molecule has 0 aliphatic heterocycles. The van der Waals surface area contributed by atoms with Crippen LogP contribution in [-0.2, 0) is 20.7 Å². The standard InChI is InChI=1S/C21H28N2O4/c1-14-8-4-7-11-18(14)27-20(25)23-21(2,19(24)26-3)12-15-13-22-17-10-6-5-9-16(15)17/h5-6,9-10,13-14,18,22H,4,7-8,11-12H2,1-3H3,(H,23,25)/t14-,18-,21-/m1/s1. The molecule has 0 bridgehead atoms. The summed E-state index contributed by atoms with van der Waals surface area (Å²) in [5, 5.41) is 3.78. The smallest absolute Gasteiger partial charge is 0.408 e. The SMILES string of the molecule is COC(=O)[C@@](C)(Cc1c[nH]c2ccccc12)NC(=O)O[C@@H]1CCCC[C@H]1C. The Bertz CT molecular complexity index is 815. The Kier molecular flexibility index (Phi) is 5.73. The van der Waals surface area contributed by atoms with Gasteiger partial charge in [-0.2, -0.15) is 0 Å². The van der Waals surface area contributed by atoms with Crippen LogP contribution < -0.4 is 5.32 Å². The van der Waals surface area contributed by atoms with Gasteiger partial charge >= 0.3 is 12.1 Å². The Balaban J connectivity index is 1.76. The zero-order chi connectivity index (χ0) is 19.4. The van der Waals surface area contributed by atoms with Crippen LogP contribution in [0, 0.1) is 5.92 Å². The fraction of sp³-hybridized carbons (Fsp3) is 0.524. The van der Waals surface area contributed by atoms with Crippen LogP contribution in [0.1, 0.15) is 45.1 Å². The molecule has 0 saturated heterocycles. The van der Waals surface area contributed by atoms with E-state index in [1.807, 2.05) is 30.5 Å². The molecule has 1 aliphatic rings. The number of hydrogen-bond donors (Lipinski definition) is 2. The summed E-state index contributed by atoms with van der Waals surface area (Å²) in [6.45, 7) is 3.77. The lowest BCUT2D eigenvalue weighted by atomic mass is 9.88. The largest absolute Gasteiger partial charge is 0.467 e. The number of H-pyrrole nitrogens is 1. The van der Waals surface area contributed by atoms with Crippen LogP contribution in [0.3, 0.4) is 0 Å². The third-order valence-electron chi connectivity index (χ3n) is 5.52. The van der Waals surface area contributed by atoms with Crippen LogP contribution in [0.2, 0.25) is 0 Å². The molecule has 1 fully saturated rings. The van der Waals surface area contributed by atoms with E-state index in [1.165, 1.54) is 13.5 Å². The molecule has 27 heavy (non-hydrogen) atoms. The lowest BCUT2D eigenvalue weighted by Crippen LogP contribution is -2.55. The number of aromatic nitrogens is 1. The Morgan fingerprint density at radius 1 is 1.26 bits per heavy atom. The van der Waals surface area contributed by atoms with Crippen LogP contribution in [-0.4, -0.2) is 35.8 Å². The maximum Gasteiger partial charge on any atom is 0.408 e. The number of methoxy groups -OCH3 is 1. The molecule has 6 nitrogen and oxygen atoms in total. The number of nitrogens with one attached hydrogen (secondary N) is 2. The molecule has 0 radical (unpaired) electrons. The van der Waals surface area contributed by atoms with Crippen molar-refractivity contribution in [1.29, 1.82) is 0 Å². The molecule has 1 saturated carbocycles. The number of carbonyl (C=O) groups excluding carboxylic acids is 2. The highest BCUT2D eigenvalue weighted by Crippen LogP contribution is 2.27. The van der Waals surface area contributed by atoms with Crippen molar-refractivity contribution < 1.29 is 19.1 Å². The Hall–Kier alpha value is -2.50. The van der Waals surface area contributed by atoms with Gasteiger partial charge in [0.1, 0.15) is 11.6 Å². The van der Waals surface area contributed by atoms with Gasteiger partial charge in [0, 0.05) is 23.5 Å². The molecule has 3 atom stereocenters. The van der Waals surface area contributed by atoms with Crippen molar-refractivity contribution in [1.82, 2.24) is 10.3 Å². The molecule has 6 heteroatoms. The molecule has 0 unspecified atom stereocenters. The predicted molar refractivity (Wildman–Crippen MR) is 103 cm³/mol. The van der Waals surface area contributed by atoms with Crippen LogP contribution in [0.4, 0.5) is 4.79 Å². The van der Waals surface area contributed by atoms with E-state index in [1.54, 1.807) is 6.92 Å². The normalized spacial score (nSPS) is 22.0. The summed E-state index contributed by atoms with van der Waals surface area (Å²) < 4.78 is 10.6. The molecule has 1 heterocycles. The van der Waals surface area contributed by atoms with Crippen LogP contribution in [0.15, 0.2) is 30.5 Å². The van der Waals surface area contributed by atoms with Gasteiger partial charge in [0.25, 0.3) is 0 Å². The Labute approximate surface area is 159 Å². The lowest BCUT2D eigenvalue weighted by Gasteiger charge is -2.31. The van der Waals surface area contributed by atoms with E-state index < -0.39 is 17.6 Å². The quantitative estimate of drug-likeness (QED) is 0.779. The maximum absolute atomic E-state index is 12.5. The molecule has 1 amide bonds. The van der Waals surface area contributed by atoms with Crippen molar-refractivity contribution in [2.75, 3.05) is 7.11 Å². The van der Waals surface area contributed by atoms with Gasteiger partial charge in [-0.25, -0.2) is 9.59 Å². The van der Waals surface area contributed by atoms with E-state index >= 15 is 0 Å². The van der Waals surface area contributed by atoms with Gasteiger partial charge < -0.3 is 19.8 Å². The van der Waals surface area contributed by atoms with Gasteiger partial charge in [0.2, 0.25) is 0 Å². The molecule has 1 aromatic carbocycles. The second-order valence-corrected chi connectivity index (χ2v) is 7.69. The van der Waals surface area contributed by atoms with Crippen LogP contribution >= 0.6 is 0 Å². The highest BCUT2D eigenvalue weighted by molar-refractivity contribution is 5.88. The van der Waals surface area contributed by atoms with E-state index in [4.69, 9.17) is 9.47 Å². The van der Waals surface area contributed by atoms with Gasteiger partial charge in [-0.05, 0) is 43.7 Å². The summed E-state index contributed by atoms with van der Waals surface area (Å²) in [7, 11) is 1.33. The summed E-state index contributed by atoms with van der Waals surface area (Å²) >= 11 is 0. The minimum atomic E-state index is -1.21. The minimum absolute atomic E-state index is 0.103. The zero-order valence-corrected chi connectivity index (χ0v) is 16.2. The van der Waals surface area contributed by atoms with Crippen molar-refractivity contribution in [3.05, 3.63) is 36.0 Å². The topological polar surface area (TPSA) is 80.4 Å². The highest BCUT2D eigenvalue weighted by atomic mass is 16.6. The van der Waals surface area contributed by atoms with Gasteiger partial charge in [-0.15, -0.1) is 0 Å². The van der Waals surface area contributed by atoms with E-state index in [0.29, 0.717) is 12.3 Å². The number of alkyl carbamates (subject to hydrolysis) is 1. The molecular formula is C21H28N2O4. The van der Waals surface area contributed by atoms with Gasteiger partial charge in [0.15, 0.2) is 0 Å². The van der Waals surface area contributed by atoms with Crippen molar-refractivity contribution >= 4 is 23.0 Å². The van der Waals surface area contributed by atoms with Gasteiger partial charge in [0.05, 0.1) is 7.11 Å². The Morgan fingerprint density at radius 2 is 2.00 bits per heavy atom. The first-order valence-electron chi connectivity index (χ1n) is 9.55. The summed E-state index contributed by atoms with van der Waals surface area (Å²) in [5.74, 6) is -0.163. The molecule has 146 valence electrons. The maximum atomic E-state index is 12.5. The minimum Gasteiger partial charge on any atom is -0.467 e. The second-order valence-electron chi connectivity index (χ2n) is 7.69. The van der Waals surface area contributed by atoms with Gasteiger partial charge in [-0.3, -0.25) is 0 Å². The molecule has 1 aromatic heterocycles. The van der Waals surface area contributed by atoms with E-state index in [-0.39, 0.29) is 6.10 Å². The monoisotopic (exact) mass is 372 g/mol. The molecule has 3 rings (SSSR count). The summed E-state index contributed by atoms with van der Waals surface area (Å²) in [6, 6.07) is 7.85. The van der Waals surface area contributed by atoms with E-state index in [2.05, 4.69) is 17.2 Å². The summed E-state index contributed by atoms with van der Waals surface area (Å²) in [5.41, 5.74) is 0.706. The van der Waals surface area contributed by atoms with Gasteiger partial charge in [-0.1, -0.05) is 31.5 Å². The predicted octanol–water partition coefficient (Wildman–Crippen LogP) is 3.95.